The molecule has 0 aliphatic carbocycles. The molecule has 2 rings (SSSR count). The summed E-state index contributed by atoms with van der Waals surface area (Å²) in [5.74, 6) is 3.31. The van der Waals surface area contributed by atoms with Crippen LogP contribution in [0.5, 0.6) is 0 Å². The number of aromatic nitrogens is 2. The van der Waals surface area contributed by atoms with E-state index in [2.05, 4.69) is 28.7 Å². The Morgan fingerprint density at radius 1 is 1.41 bits per heavy atom. The maximum absolute atomic E-state index is 5.98. The second kappa shape index (κ2) is 4.90. The fraction of sp³-hybridized carbons (Fsp3) is 0.692. The van der Waals surface area contributed by atoms with Crippen molar-refractivity contribution < 1.29 is 0 Å². The Hall–Kier alpha value is -1.32. The van der Waals surface area contributed by atoms with E-state index in [-0.39, 0.29) is 0 Å². The Morgan fingerprint density at radius 2 is 2.18 bits per heavy atom. The topological polar surface area (TPSA) is 55.0 Å². The molecule has 94 valence electrons. The van der Waals surface area contributed by atoms with E-state index in [4.69, 9.17) is 5.73 Å². The van der Waals surface area contributed by atoms with Crippen molar-refractivity contribution in [1.82, 2.24) is 9.97 Å². The highest BCUT2D eigenvalue weighted by atomic mass is 15.2. The van der Waals surface area contributed by atoms with Crippen LogP contribution in [-0.4, -0.2) is 23.1 Å². The zero-order valence-electron chi connectivity index (χ0n) is 11.0. The zero-order chi connectivity index (χ0) is 12.4. The van der Waals surface area contributed by atoms with Gasteiger partial charge in [-0.25, -0.2) is 9.97 Å². The Labute approximate surface area is 103 Å². The molecule has 2 N–H and O–H groups in total. The molecular weight excluding hydrogens is 212 g/mol. The molecule has 2 heterocycles. The number of anilines is 2. The van der Waals surface area contributed by atoms with Crippen LogP contribution in [0.15, 0.2) is 0 Å². The molecule has 17 heavy (non-hydrogen) atoms. The Kier molecular flexibility index (Phi) is 3.50. The fourth-order valence-corrected chi connectivity index (χ4v) is 2.34. The van der Waals surface area contributed by atoms with Crippen molar-refractivity contribution >= 4 is 11.6 Å². The van der Waals surface area contributed by atoms with Crippen molar-refractivity contribution in [3.63, 3.8) is 0 Å². The van der Waals surface area contributed by atoms with Gasteiger partial charge in [0.25, 0.3) is 0 Å². The molecule has 1 fully saturated rings. The summed E-state index contributed by atoms with van der Waals surface area (Å²) in [5, 5.41) is 0. The van der Waals surface area contributed by atoms with Gasteiger partial charge in [-0.3, -0.25) is 0 Å². The number of aryl methyl sites for hydroxylation is 1. The molecule has 0 amide bonds. The lowest BCUT2D eigenvalue weighted by molar-refractivity contribution is 0.658. The molecule has 0 spiro atoms. The number of hydrogen-bond acceptors (Lipinski definition) is 4. The molecule has 1 aliphatic heterocycles. The van der Waals surface area contributed by atoms with Crippen LogP contribution >= 0.6 is 0 Å². The quantitative estimate of drug-likeness (QED) is 0.870. The van der Waals surface area contributed by atoms with Gasteiger partial charge in [0.15, 0.2) is 0 Å². The minimum atomic E-state index is 0.637. The van der Waals surface area contributed by atoms with Crippen LogP contribution < -0.4 is 10.6 Å². The fourth-order valence-electron chi connectivity index (χ4n) is 2.34. The van der Waals surface area contributed by atoms with Crippen molar-refractivity contribution in [1.29, 1.82) is 0 Å². The first kappa shape index (κ1) is 12.1. The molecule has 0 saturated carbocycles. The SMILES string of the molecule is CCCc1nc(N)c(C)c(N2CCC(C)C2)n1. The van der Waals surface area contributed by atoms with Gasteiger partial charge in [-0.05, 0) is 25.7 Å². The third kappa shape index (κ3) is 2.51. The van der Waals surface area contributed by atoms with Crippen LogP contribution in [0.4, 0.5) is 11.6 Å². The van der Waals surface area contributed by atoms with Gasteiger partial charge < -0.3 is 10.6 Å². The molecular formula is C13H22N4. The molecule has 0 bridgehead atoms. The Bertz CT molecular complexity index is 403. The summed E-state index contributed by atoms with van der Waals surface area (Å²) in [5.41, 5.74) is 7.00. The maximum Gasteiger partial charge on any atom is 0.137 e. The first-order chi connectivity index (χ1) is 8.11. The highest BCUT2D eigenvalue weighted by molar-refractivity contribution is 5.57. The van der Waals surface area contributed by atoms with Gasteiger partial charge in [0.05, 0.1) is 0 Å². The summed E-state index contributed by atoms with van der Waals surface area (Å²) < 4.78 is 0. The van der Waals surface area contributed by atoms with Gasteiger partial charge in [0, 0.05) is 25.1 Å². The Morgan fingerprint density at radius 3 is 2.76 bits per heavy atom. The number of hydrogen-bond donors (Lipinski definition) is 1. The first-order valence-corrected chi connectivity index (χ1v) is 6.49. The van der Waals surface area contributed by atoms with Crippen molar-refractivity contribution in [3.8, 4) is 0 Å². The summed E-state index contributed by atoms with van der Waals surface area (Å²) in [6.07, 6.45) is 3.20. The number of rotatable bonds is 3. The number of nitrogen functional groups attached to an aromatic ring is 1. The standard InChI is InChI=1S/C13H22N4/c1-4-5-11-15-12(14)10(3)13(16-11)17-7-6-9(2)8-17/h9H,4-8H2,1-3H3,(H2,14,15,16). The third-order valence-electron chi connectivity index (χ3n) is 3.40. The Balaban J connectivity index is 2.31. The minimum Gasteiger partial charge on any atom is -0.383 e. The maximum atomic E-state index is 5.98. The molecule has 1 saturated heterocycles. The highest BCUT2D eigenvalue weighted by Gasteiger charge is 2.22. The summed E-state index contributed by atoms with van der Waals surface area (Å²) in [6, 6.07) is 0. The van der Waals surface area contributed by atoms with Crippen LogP contribution in [0.3, 0.4) is 0 Å². The molecule has 4 nitrogen and oxygen atoms in total. The van der Waals surface area contributed by atoms with E-state index in [1.54, 1.807) is 0 Å². The van der Waals surface area contributed by atoms with Crippen LogP contribution in [-0.2, 0) is 6.42 Å². The van der Waals surface area contributed by atoms with Crippen molar-refractivity contribution in [2.24, 2.45) is 5.92 Å². The lowest BCUT2D eigenvalue weighted by atomic mass is 10.2. The smallest absolute Gasteiger partial charge is 0.137 e. The van der Waals surface area contributed by atoms with E-state index >= 15 is 0 Å². The largest absolute Gasteiger partial charge is 0.383 e. The van der Waals surface area contributed by atoms with Gasteiger partial charge in [-0.1, -0.05) is 13.8 Å². The van der Waals surface area contributed by atoms with Gasteiger partial charge >= 0.3 is 0 Å². The molecule has 0 radical (unpaired) electrons. The van der Waals surface area contributed by atoms with Crippen LogP contribution in [0, 0.1) is 12.8 Å². The highest BCUT2D eigenvalue weighted by Crippen LogP contribution is 2.27. The predicted octanol–water partition coefficient (Wildman–Crippen LogP) is 2.17. The van der Waals surface area contributed by atoms with E-state index in [0.717, 1.165) is 49.1 Å². The average Bonchev–Trinajstić information content (AvgIpc) is 2.70. The minimum absolute atomic E-state index is 0.637. The lowest BCUT2D eigenvalue weighted by Gasteiger charge is -2.20. The summed E-state index contributed by atoms with van der Waals surface area (Å²) in [4.78, 5) is 11.4. The third-order valence-corrected chi connectivity index (χ3v) is 3.40. The zero-order valence-corrected chi connectivity index (χ0v) is 11.0. The average molecular weight is 234 g/mol. The van der Waals surface area contributed by atoms with Crippen molar-refractivity contribution in [2.45, 2.75) is 40.0 Å². The summed E-state index contributed by atoms with van der Waals surface area (Å²) in [7, 11) is 0. The van der Waals surface area contributed by atoms with Crippen molar-refractivity contribution in [3.05, 3.63) is 11.4 Å². The molecule has 4 heteroatoms. The van der Waals surface area contributed by atoms with Gasteiger partial charge in [-0.2, -0.15) is 0 Å². The van der Waals surface area contributed by atoms with Crippen LogP contribution in [0.25, 0.3) is 0 Å². The van der Waals surface area contributed by atoms with Crippen LogP contribution in [0.2, 0.25) is 0 Å². The molecule has 1 atom stereocenters. The molecule has 1 aromatic rings. The van der Waals surface area contributed by atoms with E-state index in [1.807, 2.05) is 6.92 Å². The predicted molar refractivity (Wildman–Crippen MR) is 71.2 cm³/mol. The van der Waals surface area contributed by atoms with E-state index in [1.165, 1.54) is 6.42 Å². The van der Waals surface area contributed by atoms with Gasteiger partial charge in [0.1, 0.15) is 17.5 Å². The number of nitrogens with two attached hydrogens (primary N) is 1. The molecule has 1 aliphatic rings. The second-order valence-electron chi connectivity index (χ2n) is 5.06. The molecule has 0 aromatic carbocycles. The second-order valence-corrected chi connectivity index (χ2v) is 5.06. The van der Waals surface area contributed by atoms with E-state index in [9.17, 15) is 0 Å². The molecule has 1 aromatic heterocycles. The van der Waals surface area contributed by atoms with Crippen molar-refractivity contribution in [2.75, 3.05) is 23.7 Å². The van der Waals surface area contributed by atoms with E-state index in [0.29, 0.717) is 5.82 Å². The lowest BCUT2D eigenvalue weighted by Crippen LogP contribution is -2.23. The normalized spacial score (nSPS) is 19.9. The van der Waals surface area contributed by atoms with Gasteiger partial charge in [0.2, 0.25) is 0 Å². The first-order valence-electron chi connectivity index (χ1n) is 6.49. The monoisotopic (exact) mass is 234 g/mol. The number of nitrogens with zero attached hydrogens (tertiary/aromatic N) is 3. The summed E-state index contributed by atoms with van der Waals surface area (Å²) >= 11 is 0. The van der Waals surface area contributed by atoms with Crippen LogP contribution in [0.1, 0.15) is 38.1 Å². The van der Waals surface area contributed by atoms with E-state index < -0.39 is 0 Å². The summed E-state index contributed by atoms with van der Waals surface area (Å²) in [6.45, 7) is 8.61. The molecule has 1 unspecified atom stereocenters. The van der Waals surface area contributed by atoms with Gasteiger partial charge in [-0.15, -0.1) is 0 Å².